The Labute approximate surface area is 99.1 Å². The fourth-order valence-electron chi connectivity index (χ4n) is 1.27. The Morgan fingerprint density at radius 1 is 1.25 bits per heavy atom. The third-order valence-electron chi connectivity index (χ3n) is 2.11. The summed E-state index contributed by atoms with van der Waals surface area (Å²) in [4.78, 5) is 0. The lowest BCUT2D eigenvalue weighted by atomic mass is 9.95. The van der Waals surface area contributed by atoms with Gasteiger partial charge in [-0.1, -0.05) is 52.0 Å². The minimum absolute atomic E-state index is 0.223. The summed E-state index contributed by atoms with van der Waals surface area (Å²) in [5, 5.41) is 0. The van der Waals surface area contributed by atoms with Gasteiger partial charge in [0.2, 0.25) is 0 Å². The maximum atomic E-state index is 5.59. The first kappa shape index (κ1) is 12.8. The molecule has 0 atom stereocenters. The summed E-state index contributed by atoms with van der Waals surface area (Å²) >= 11 is 0. The van der Waals surface area contributed by atoms with Gasteiger partial charge in [-0.15, -0.1) is 0 Å². The van der Waals surface area contributed by atoms with Crippen LogP contribution in [0, 0.1) is 5.41 Å². The average molecular weight is 218 g/mol. The lowest BCUT2D eigenvalue weighted by molar-refractivity contribution is 0.317. The highest BCUT2D eigenvalue weighted by Gasteiger charge is 2.03. The summed E-state index contributed by atoms with van der Waals surface area (Å²) < 4.78 is 5.59. The molecule has 0 amide bonds. The van der Waals surface area contributed by atoms with Crippen molar-refractivity contribution in [2.75, 3.05) is 6.61 Å². The molecule has 0 saturated heterocycles. The van der Waals surface area contributed by atoms with Gasteiger partial charge in [0.15, 0.2) is 0 Å². The Hall–Kier alpha value is -1.24. The quantitative estimate of drug-likeness (QED) is 0.721. The van der Waals surface area contributed by atoms with Crippen LogP contribution in [0.4, 0.5) is 0 Å². The van der Waals surface area contributed by atoms with Crippen LogP contribution in [0.25, 0.3) is 6.08 Å². The third kappa shape index (κ3) is 5.01. The van der Waals surface area contributed by atoms with Gasteiger partial charge in [-0.3, -0.25) is 0 Å². The number of rotatable bonds is 4. The molecule has 1 nitrogen and oxygen atoms in total. The van der Waals surface area contributed by atoms with E-state index in [2.05, 4.69) is 52.0 Å². The predicted octanol–water partition coefficient (Wildman–Crippen LogP) is 4.53. The van der Waals surface area contributed by atoms with Crippen LogP contribution < -0.4 is 4.74 Å². The van der Waals surface area contributed by atoms with Gasteiger partial charge in [-0.2, -0.15) is 0 Å². The smallest absolute Gasteiger partial charge is 0.119 e. The maximum Gasteiger partial charge on any atom is 0.119 e. The molecule has 0 radical (unpaired) electrons. The van der Waals surface area contributed by atoms with Crippen molar-refractivity contribution in [1.29, 1.82) is 0 Å². The lowest BCUT2D eigenvalue weighted by Crippen LogP contribution is -1.98. The number of benzene rings is 1. The molecule has 0 spiro atoms. The van der Waals surface area contributed by atoms with Crippen molar-refractivity contribution >= 4 is 6.08 Å². The van der Waals surface area contributed by atoms with E-state index in [0.717, 1.165) is 18.8 Å². The van der Waals surface area contributed by atoms with Gasteiger partial charge in [0.05, 0.1) is 6.61 Å². The van der Waals surface area contributed by atoms with Crippen LogP contribution >= 0.6 is 0 Å². The molecule has 0 aliphatic carbocycles. The highest BCUT2D eigenvalue weighted by molar-refractivity contribution is 5.52. The number of hydrogen-bond acceptors (Lipinski definition) is 1. The molecule has 0 heterocycles. The van der Waals surface area contributed by atoms with E-state index < -0.39 is 0 Å². The number of hydrogen-bond donors (Lipinski definition) is 0. The fourth-order valence-corrected chi connectivity index (χ4v) is 1.27. The molecule has 1 heteroatoms. The van der Waals surface area contributed by atoms with E-state index >= 15 is 0 Å². The van der Waals surface area contributed by atoms with Crippen molar-refractivity contribution < 1.29 is 4.74 Å². The Balaban J connectivity index is 2.71. The first-order valence-electron chi connectivity index (χ1n) is 5.93. The zero-order chi connectivity index (χ0) is 12.0. The SMILES string of the molecule is CCCOc1cccc(/C=C/C(C)(C)C)c1. The van der Waals surface area contributed by atoms with Crippen molar-refractivity contribution in [2.45, 2.75) is 34.1 Å². The van der Waals surface area contributed by atoms with Gasteiger partial charge >= 0.3 is 0 Å². The van der Waals surface area contributed by atoms with E-state index in [9.17, 15) is 0 Å². The van der Waals surface area contributed by atoms with Crippen LogP contribution in [0.3, 0.4) is 0 Å². The van der Waals surface area contributed by atoms with Crippen LogP contribution in [0.1, 0.15) is 39.7 Å². The molecular weight excluding hydrogens is 196 g/mol. The minimum Gasteiger partial charge on any atom is -0.494 e. The fraction of sp³-hybridized carbons (Fsp3) is 0.467. The molecule has 0 unspecified atom stereocenters. The standard InChI is InChI=1S/C15H22O/c1-5-11-16-14-8-6-7-13(12-14)9-10-15(2,3)4/h6-10,12H,5,11H2,1-4H3/b10-9+. The van der Waals surface area contributed by atoms with Crippen LogP contribution in [-0.2, 0) is 0 Å². The monoisotopic (exact) mass is 218 g/mol. The second kappa shape index (κ2) is 5.74. The Morgan fingerprint density at radius 3 is 2.62 bits per heavy atom. The zero-order valence-electron chi connectivity index (χ0n) is 10.8. The van der Waals surface area contributed by atoms with Gasteiger partial charge in [-0.05, 0) is 29.5 Å². The molecule has 0 aromatic heterocycles. The minimum atomic E-state index is 0.223. The number of ether oxygens (including phenoxy) is 1. The van der Waals surface area contributed by atoms with Crippen LogP contribution in [-0.4, -0.2) is 6.61 Å². The average Bonchev–Trinajstić information content (AvgIpc) is 2.23. The van der Waals surface area contributed by atoms with Crippen molar-refractivity contribution in [3.8, 4) is 5.75 Å². The number of allylic oxidation sites excluding steroid dienone is 1. The van der Waals surface area contributed by atoms with E-state index in [1.807, 2.05) is 12.1 Å². The topological polar surface area (TPSA) is 9.23 Å². The van der Waals surface area contributed by atoms with E-state index in [0.29, 0.717) is 0 Å². The first-order chi connectivity index (χ1) is 7.51. The molecule has 1 aromatic carbocycles. The zero-order valence-corrected chi connectivity index (χ0v) is 10.8. The van der Waals surface area contributed by atoms with E-state index in [1.165, 1.54) is 5.56 Å². The molecule has 16 heavy (non-hydrogen) atoms. The highest BCUT2D eigenvalue weighted by atomic mass is 16.5. The van der Waals surface area contributed by atoms with Crippen molar-refractivity contribution in [3.63, 3.8) is 0 Å². The molecule has 1 rings (SSSR count). The van der Waals surface area contributed by atoms with Gasteiger partial charge < -0.3 is 4.74 Å². The molecule has 1 aromatic rings. The van der Waals surface area contributed by atoms with Crippen LogP contribution in [0.5, 0.6) is 5.75 Å². The summed E-state index contributed by atoms with van der Waals surface area (Å²) in [6, 6.07) is 8.22. The molecule has 0 aliphatic heterocycles. The second-order valence-electron chi connectivity index (χ2n) is 5.12. The maximum absolute atomic E-state index is 5.59. The van der Waals surface area contributed by atoms with Gasteiger partial charge in [0, 0.05) is 0 Å². The van der Waals surface area contributed by atoms with Crippen molar-refractivity contribution in [3.05, 3.63) is 35.9 Å². The Bertz CT molecular complexity index is 345. The second-order valence-corrected chi connectivity index (χ2v) is 5.12. The molecule has 0 fully saturated rings. The van der Waals surface area contributed by atoms with Crippen LogP contribution in [0.2, 0.25) is 0 Å². The Morgan fingerprint density at radius 2 is 2.00 bits per heavy atom. The molecule has 88 valence electrons. The van der Waals surface area contributed by atoms with Crippen molar-refractivity contribution in [1.82, 2.24) is 0 Å². The largest absolute Gasteiger partial charge is 0.494 e. The third-order valence-corrected chi connectivity index (χ3v) is 2.11. The summed E-state index contributed by atoms with van der Waals surface area (Å²) in [7, 11) is 0. The highest BCUT2D eigenvalue weighted by Crippen LogP contribution is 2.19. The molecule has 0 bridgehead atoms. The van der Waals surface area contributed by atoms with Crippen LogP contribution in [0.15, 0.2) is 30.3 Å². The predicted molar refractivity (Wildman–Crippen MR) is 70.7 cm³/mol. The summed E-state index contributed by atoms with van der Waals surface area (Å²) in [5.41, 5.74) is 1.42. The Kier molecular flexibility index (Phi) is 4.60. The van der Waals surface area contributed by atoms with Crippen molar-refractivity contribution in [2.24, 2.45) is 5.41 Å². The molecular formula is C15H22O. The lowest BCUT2D eigenvalue weighted by Gasteiger charge is -2.11. The van der Waals surface area contributed by atoms with Gasteiger partial charge in [-0.25, -0.2) is 0 Å². The van der Waals surface area contributed by atoms with E-state index in [4.69, 9.17) is 4.74 Å². The van der Waals surface area contributed by atoms with Gasteiger partial charge in [0.1, 0.15) is 5.75 Å². The molecule has 0 aliphatic rings. The van der Waals surface area contributed by atoms with E-state index in [1.54, 1.807) is 0 Å². The normalized spacial score (nSPS) is 12.0. The summed E-state index contributed by atoms with van der Waals surface area (Å²) in [6.45, 7) is 9.48. The van der Waals surface area contributed by atoms with Gasteiger partial charge in [0.25, 0.3) is 0 Å². The first-order valence-corrected chi connectivity index (χ1v) is 5.93. The molecule has 0 saturated carbocycles. The van der Waals surface area contributed by atoms with E-state index in [-0.39, 0.29) is 5.41 Å². The molecule has 0 N–H and O–H groups in total. The summed E-state index contributed by atoms with van der Waals surface area (Å²) in [5.74, 6) is 0.956. The summed E-state index contributed by atoms with van der Waals surface area (Å²) in [6.07, 6.45) is 5.41.